The Morgan fingerprint density at radius 2 is 2.00 bits per heavy atom. The quantitative estimate of drug-likeness (QED) is 0.328. The molecule has 3 heterocycles. The fourth-order valence-electron chi connectivity index (χ4n) is 4.68. The van der Waals surface area contributed by atoms with Crippen LogP contribution in [0.3, 0.4) is 0 Å². The number of carboxylic acid groups (broad SMARTS) is 1. The number of nitrogens with two attached hydrogens (primary N) is 1. The van der Waals surface area contributed by atoms with Crippen molar-refractivity contribution < 1.29 is 9.90 Å². The molecule has 7 nitrogen and oxygen atoms in total. The molecule has 0 bridgehead atoms. The van der Waals surface area contributed by atoms with Gasteiger partial charge in [-0.1, -0.05) is 6.07 Å². The second kappa shape index (κ2) is 8.44. The average Bonchev–Trinajstić information content (AvgIpc) is 3.21. The molecular formula is C23H21Br2N5O2. The Hall–Kier alpha value is -2.52. The van der Waals surface area contributed by atoms with Crippen LogP contribution in [0, 0.1) is 5.92 Å². The van der Waals surface area contributed by atoms with E-state index in [0.29, 0.717) is 11.5 Å². The second-order valence-corrected chi connectivity index (χ2v) is 9.99. The minimum atomic E-state index is -0.723. The normalized spacial score (nSPS) is 18.9. The molecule has 1 fully saturated rings. The topological polar surface area (TPSA) is 106 Å². The van der Waals surface area contributed by atoms with Crippen LogP contribution in [0.5, 0.6) is 0 Å². The van der Waals surface area contributed by atoms with Gasteiger partial charge in [-0.3, -0.25) is 9.78 Å². The van der Waals surface area contributed by atoms with Crippen molar-refractivity contribution in [2.24, 2.45) is 5.92 Å². The number of aliphatic carboxylic acids is 1. The Labute approximate surface area is 201 Å². The summed E-state index contributed by atoms with van der Waals surface area (Å²) in [6.45, 7) is 0. The summed E-state index contributed by atoms with van der Waals surface area (Å²) < 4.78 is 3.34. The lowest BCUT2D eigenvalue weighted by atomic mass is 9.79. The molecule has 164 valence electrons. The highest BCUT2D eigenvalue weighted by Crippen LogP contribution is 2.41. The second-order valence-electron chi connectivity index (χ2n) is 8.34. The van der Waals surface area contributed by atoms with Crippen LogP contribution in [0.2, 0.25) is 0 Å². The van der Waals surface area contributed by atoms with Crippen molar-refractivity contribution in [2.45, 2.75) is 38.0 Å². The fourth-order valence-corrected chi connectivity index (χ4v) is 5.84. The summed E-state index contributed by atoms with van der Waals surface area (Å²) in [6.07, 6.45) is 7.37. The van der Waals surface area contributed by atoms with E-state index in [9.17, 15) is 4.79 Å². The molecule has 0 aliphatic heterocycles. The number of benzene rings is 1. The van der Waals surface area contributed by atoms with Crippen molar-refractivity contribution >= 4 is 60.2 Å². The van der Waals surface area contributed by atoms with Crippen LogP contribution >= 0.6 is 31.9 Å². The van der Waals surface area contributed by atoms with Gasteiger partial charge in [-0.2, -0.15) is 9.61 Å². The van der Waals surface area contributed by atoms with Gasteiger partial charge in [-0.05, 0) is 87.2 Å². The maximum atomic E-state index is 11.1. The van der Waals surface area contributed by atoms with Gasteiger partial charge >= 0.3 is 5.97 Å². The number of carboxylic acids is 1. The molecule has 1 saturated carbocycles. The zero-order chi connectivity index (χ0) is 22.4. The van der Waals surface area contributed by atoms with Crippen molar-refractivity contribution in [3.05, 3.63) is 51.3 Å². The molecule has 5 rings (SSSR count). The smallest absolute Gasteiger partial charge is 0.303 e. The van der Waals surface area contributed by atoms with Crippen molar-refractivity contribution in [2.75, 3.05) is 5.73 Å². The molecule has 32 heavy (non-hydrogen) atoms. The van der Waals surface area contributed by atoms with E-state index in [1.807, 2.05) is 18.2 Å². The molecule has 0 unspecified atom stereocenters. The summed E-state index contributed by atoms with van der Waals surface area (Å²) >= 11 is 7.28. The van der Waals surface area contributed by atoms with Crippen molar-refractivity contribution in [1.82, 2.24) is 19.6 Å². The molecule has 3 aromatic heterocycles. The lowest BCUT2D eigenvalue weighted by molar-refractivity contribution is -0.138. The highest BCUT2D eigenvalue weighted by atomic mass is 79.9. The van der Waals surface area contributed by atoms with Gasteiger partial charge in [0.1, 0.15) is 5.82 Å². The van der Waals surface area contributed by atoms with E-state index in [-0.39, 0.29) is 18.3 Å². The third kappa shape index (κ3) is 3.77. The van der Waals surface area contributed by atoms with E-state index in [2.05, 4.69) is 48.0 Å². The van der Waals surface area contributed by atoms with Crippen LogP contribution in [-0.2, 0) is 4.79 Å². The number of nitrogens with zero attached hydrogens (tertiary/aromatic N) is 4. The summed E-state index contributed by atoms with van der Waals surface area (Å²) in [6, 6.07) is 8.06. The summed E-state index contributed by atoms with van der Waals surface area (Å²) in [5.74, 6) is 0.263. The first-order valence-corrected chi connectivity index (χ1v) is 12.1. The molecule has 1 aliphatic carbocycles. The van der Waals surface area contributed by atoms with Crippen molar-refractivity contribution in [3.63, 3.8) is 0 Å². The highest BCUT2D eigenvalue weighted by molar-refractivity contribution is 9.11. The molecule has 0 amide bonds. The Bertz CT molecular complexity index is 1350. The highest BCUT2D eigenvalue weighted by Gasteiger charge is 2.28. The Balaban J connectivity index is 1.56. The number of pyridine rings is 1. The predicted molar refractivity (Wildman–Crippen MR) is 130 cm³/mol. The van der Waals surface area contributed by atoms with Crippen LogP contribution < -0.4 is 5.73 Å². The lowest BCUT2D eigenvalue weighted by Gasteiger charge is -2.28. The van der Waals surface area contributed by atoms with Gasteiger partial charge in [0, 0.05) is 34.0 Å². The van der Waals surface area contributed by atoms with Crippen LogP contribution in [-0.4, -0.2) is 30.7 Å². The minimum absolute atomic E-state index is 0.233. The molecule has 0 saturated heterocycles. The number of hydrogen-bond acceptors (Lipinski definition) is 5. The third-order valence-electron chi connectivity index (χ3n) is 6.31. The zero-order valence-electron chi connectivity index (χ0n) is 17.1. The number of rotatable bonds is 4. The molecule has 4 aromatic rings. The SMILES string of the molecule is Nc1c(Br)c(C2CCC(CC(=O)O)CC2)nc2c(-c3cc(Br)c4ncccc4c3)cnn12. The molecule has 0 spiro atoms. The first kappa shape index (κ1) is 21.3. The number of hydrogen-bond donors (Lipinski definition) is 2. The number of halogens is 2. The van der Waals surface area contributed by atoms with E-state index in [4.69, 9.17) is 15.8 Å². The summed E-state index contributed by atoms with van der Waals surface area (Å²) in [7, 11) is 0. The first-order chi connectivity index (χ1) is 15.4. The molecule has 1 aliphatic rings. The van der Waals surface area contributed by atoms with Gasteiger partial charge in [-0.15, -0.1) is 0 Å². The van der Waals surface area contributed by atoms with Crippen molar-refractivity contribution in [3.8, 4) is 11.1 Å². The standard InChI is InChI=1S/C23H21Br2N5O2/c24-17-10-15(9-14-2-1-7-27-20(14)17)16-11-28-30-22(26)19(25)21(29-23(16)30)13-5-3-12(4-6-13)8-18(31)32/h1-2,7,9-13H,3-6,8,26H2,(H,31,32). The Morgan fingerprint density at radius 3 is 2.75 bits per heavy atom. The van der Waals surface area contributed by atoms with E-state index in [0.717, 1.165) is 62.4 Å². The van der Waals surface area contributed by atoms with Gasteiger partial charge in [-0.25, -0.2) is 4.98 Å². The molecular weight excluding hydrogens is 538 g/mol. The van der Waals surface area contributed by atoms with E-state index >= 15 is 0 Å². The fraction of sp³-hybridized carbons (Fsp3) is 0.304. The van der Waals surface area contributed by atoms with Crippen LogP contribution in [0.1, 0.15) is 43.7 Å². The monoisotopic (exact) mass is 557 g/mol. The number of carbonyl (C=O) groups is 1. The minimum Gasteiger partial charge on any atom is -0.481 e. The molecule has 1 aromatic carbocycles. The third-order valence-corrected chi connectivity index (χ3v) is 7.73. The summed E-state index contributed by atoms with van der Waals surface area (Å²) in [4.78, 5) is 20.5. The van der Waals surface area contributed by atoms with E-state index < -0.39 is 5.97 Å². The molecule has 0 radical (unpaired) electrons. The van der Waals surface area contributed by atoms with Gasteiger partial charge < -0.3 is 10.8 Å². The van der Waals surface area contributed by atoms with Gasteiger partial charge in [0.2, 0.25) is 0 Å². The largest absolute Gasteiger partial charge is 0.481 e. The number of fused-ring (bicyclic) bond motifs is 2. The van der Waals surface area contributed by atoms with Crippen LogP contribution in [0.15, 0.2) is 45.6 Å². The number of aromatic nitrogens is 4. The Morgan fingerprint density at radius 1 is 1.22 bits per heavy atom. The first-order valence-electron chi connectivity index (χ1n) is 10.5. The number of anilines is 1. The number of nitrogen functional groups attached to an aromatic ring is 1. The maximum Gasteiger partial charge on any atom is 0.303 e. The van der Waals surface area contributed by atoms with Crippen LogP contribution in [0.4, 0.5) is 5.82 Å². The van der Waals surface area contributed by atoms with Gasteiger partial charge in [0.25, 0.3) is 0 Å². The lowest BCUT2D eigenvalue weighted by Crippen LogP contribution is -2.18. The predicted octanol–water partition coefficient (Wildman–Crippen LogP) is 5.80. The summed E-state index contributed by atoms with van der Waals surface area (Å²) in [5.41, 5.74) is 10.9. The molecule has 9 heteroatoms. The Kier molecular flexibility index (Phi) is 5.63. The summed E-state index contributed by atoms with van der Waals surface area (Å²) in [5, 5.41) is 14.6. The van der Waals surface area contributed by atoms with Crippen LogP contribution in [0.25, 0.3) is 27.7 Å². The van der Waals surface area contributed by atoms with Gasteiger partial charge in [0.15, 0.2) is 5.65 Å². The average molecular weight is 559 g/mol. The van der Waals surface area contributed by atoms with Gasteiger partial charge in [0.05, 0.1) is 21.9 Å². The molecule has 0 atom stereocenters. The van der Waals surface area contributed by atoms with Crippen molar-refractivity contribution in [1.29, 1.82) is 0 Å². The van der Waals surface area contributed by atoms with E-state index in [1.54, 1.807) is 16.9 Å². The zero-order valence-corrected chi connectivity index (χ0v) is 20.3. The maximum absolute atomic E-state index is 11.1. The molecule has 3 N–H and O–H groups in total. The van der Waals surface area contributed by atoms with E-state index in [1.165, 1.54) is 0 Å².